The summed E-state index contributed by atoms with van der Waals surface area (Å²) in [7, 11) is -4.76. The van der Waals surface area contributed by atoms with Crippen molar-refractivity contribution in [2.45, 2.75) is 19.3 Å². The molecule has 1 unspecified atom stereocenters. The second-order valence-electron chi connectivity index (χ2n) is 5.84. The molecule has 2 fully saturated rings. The van der Waals surface area contributed by atoms with Crippen LogP contribution in [0.25, 0.3) is 0 Å². The monoisotopic (exact) mass is 339 g/mol. The van der Waals surface area contributed by atoms with Gasteiger partial charge in [0.1, 0.15) is 0 Å². The third-order valence-corrected chi connectivity index (χ3v) is 7.86. The first-order chi connectivity index (χ1) is 9.85. The maximum atomic E-state index is 12.7. The van der Waals surface area contributed by atoms with E-state index in [1.165, 1.54) is 8.61 Å². The molecule has 1 atom stereocenters. The van der Waals surface area contributed by atoms with Gasteiger partial charge in [-0.3, -0.25) is 0 Å². The molecule has 9 heteroatoms. The molecule has 2 aliphatic heterocycles. The molecule has 2 heterocycles. The molecule has 0 aromatic carbocycles. The fourth-order valence-corrected chi connectivity index (χ4v) is 6.16. The Morgan fingerprint density at radius 1 is 1.10 bits per heavy atom. The predicted octanol–water partition coefficient (Wildman–Crippen LogP) is -0.717. The van der Waals surface area contributed by atoms with Gasteiger partial charge in [0.05, 0.1) is 11.5 Å². The summed E-state index contributed by atoms with van der Waals surface area (Å²) in [5.41, 5.74) is 0. The Morgan fingerprint density at radius 3 is 2.52 bits per heavy atom. The lowest BCUT2D eigenvalue weighted by molar-refractivity contribution is 0.246. The third-order valence-electron chi connectivity index (χ3n) is 4.14. The molecule has 1 N–H and O–H groups in total. The van der Waals surface area contributed by atoms with Crippen molar-refractivity contribution in [3.63, 3.8) is 0 Å². The van der Waals surface area contributed by atoms with Crippen LogP contribution in [-0.2, 0) is 20.0 Å². The van der Waals surface area contributed by atoms with Gasteiger partial charge < -0.3 is 5.32 Å². The number of nitrogens with zero attached hydrogens (tertiary/aromatic N) is 2. The minimum Gasteiger partial charge on any atom is -0.319 e. The van der Waals surface area contributed by atoms with Crippen LogP contribution in [0.3, 0.4) is 0 Å². The molecule has 2 saturated heterocycles. The van der Waals surface area contributed by atoms with E-state index in [0.29, 0.717) is 32.0 Å². The largest absolute Gasteiger partial charge is 0.319 e. The standard InChI is InChI=1S/C12H25N3O4S2/c1-13-10-12-4-2-5-15(11-12)21(18,19)14-6-3-8-20(16,17)9-7-14/h12-13H,2-11H2,1H3. The molecule has 7 nitrogen and oxygen atoms in total. The zero-order chi connectivity index (χ0) is 15.5. The first kappa shape index (κ1) is 17.1. The maximum Gasteiger partial charge on any atom is 0.282 e. The molecule has 0 bridgehead atoms. The van der Waals surface area contributed by atoms with Gasteiger partial charge in [-0.1, -0.05) is 0 Å². The zero-order valence-electron chi connectivity index (χ0n) is 12.5. The summed E-state index contributed by atoms with van der Waals surface area (Å²) in [4.78, 5) is 0. The topological polar surface area (TPSA) is 86.8 Å². The molecule has 2 rings (SSSR count). The van der Waals surface area contributed by atoms with E-state index in [9.17, 15) is 16.8 Å². The van der Waals surface area contributed by atoms with Gasteiger partial charge in [-0.2, -0.15) is 17.0 Å². The molecule has 0 aromatic rings. The van der Waals surface area contributed by atoms with E-state index in [1.54, 1.807) is 0 Å². The summed E-state index contributed by atoms with van der Waals surface area (Å²) >= 11 is 0. The van der Waals surface area contributed by atoms with Gasteiger partial charge in [-0.25, -0.2) is 8.42 Å². The van der Waals surface area contributed by atoms with E-state index in [1.807, 2.05) is 7.05 Å². The van der Waals surface area contributed by atoms with Crippen LogP contribution < -0.4 is 5.32 Å². The average Bonchev–Trinajstić information content (AvgIpc) is 2.61. The number of nitrogens with one attached hydrogen (secondary N) is 1. The highest BCUT2D eigenvalue weighted by Crippen LogP contribution is 2.21. The molecule has 21 heavy (non-hydrogen) atoms. The van der Waals surface area contributed by atoms with Gasteiger partial charge in [0.2, 0.25) is 0 Å². The first-order valence-corrected chi connectivity index (χ1v) is 10.7. The van der Waals surface area contributed by atoms with Crippen LogP contribution in [-0.4, -0.2) is 76.7 Å². The molecular formula is C12H25N3O4S2. The van der Waals surface area contributed by atoms with E-state index in [0.717, 1.165) is 19.4 Å². The number of sulfone groups is 1. The van der Waals surface area contributed by atoms with Crippen molar-refractivity contribution in [2.24, 2.45) is 5.92 Å². The van der Waals surface area contributed by atoms with Crippen molar-refractivity contribution in [3.05, 3.63) is 0 Å². The molecule has 0 saturated carbocycles. The average molecular weight is 339 g/mol. The number of piperidine rings is 1. The van der Waals surface area contributed by atoms with Gasteiger partial charge in [0.15, 0.2) is 9.84 Å². The number of rotatable bonds is 4. The quantitative estimate of drug-likeness (QED) is 0.731. The summed E-state index contributed by atoms with van der Waals surface area (Å²) in [6, 6.07) is 0. The van der Waals surface area contributed by atoms with E-state index >= 15 is 0 Å². The molecule has 0 aromatic heterocycles. The highest BCUT2D eigenvalue weighted by Gasteiger charge is 2.35. The summed E-state index contributed by atoms with van der Waals surface area (Å²) in [5, 5.41) is 3.10. The Labute approximate surface area is 127 Å². The highest BCUT2D eigenvalue weighted by atomic mass is 32.2. The Morgan fingerprint density at radius 2 is 1.81 bits per heavy atom. The molecule has 2 aliphatic rings. The van der Waals surface area contributed by atoms with E-state index in [4.69, 9.17) is 0 Å². The fraction of sp³-hybridized carbons (Fsp3) is 1.00. The molecule has 0 aliphatic carbocycles. The Bertz CT molecular complexity index is 545. The van der Waals surface area contributed by atoms with Gasteiger partial charge in [0, 0.05) is 26.2 Å². The summed E-state index contributed by atoms with van der Waals surface area (Å²) in [5.74, 6) is 0.343. The van der Waals surface area contributed by atoms with Crippen LogP contribution in [0.5, 0.6) is 0 Å². The molecule has 0 amide bonds. The molecule has 0 spiro atoms. The lowest BCUT2D eigenvalue weighted by Crippen LogP contribution is -2.49. The van der Waals surface area contributed by atoms with Crippen molar-refractivity contribution in [2.75, 3.05) is 51.3 Å². The van der Waals surface area contributed by atoms with Crippen LogP contribution in [0.2, 0.25) is 0 Å². The van der Waals surface area contributed by atoms with Crippen molar-refractivity contribution in [1.82, 2.24) is 13.9 Å². The van der Waals surface area contributed by atoms with E-state index < -0.39 is 20.0 Å². The minimum absolute atomic E-state index is 0.0694. The lowest BCUT2D eigenvalue weighted by Gasteiger charge is -2.35. The number of hydrogen-bond acceptors (Lipinski definition) is 5. The van der Waals surface area contributed by atoms with E-state index in [-0.39, 0.29) is 18.1 Å². The fourth-order valence-electron chi connectivity index (χ4n) is 3.00. The van der Waals surface area contributed by atoms with Gasteiger partial charge in [0.25, 0.3) is 10.2 Å². The van der Waals surface area contributed by atoms with Crippen LogP contribution >= 0.6 is 0 Å². The van der Waals surface area contributed by atoms with E-state index in [2.05, 4.69) is 5.32 Å². The number of hydrogen-bond donors (Lipinski definition) is 1. The van der Waals surface area contributed by atoms with Crippen molar-refractivity contribution >= 4 is 20.0 Å². The lowest BCUT2D eigenvalue weighted by atomic mass is 10.00. The maximum absolute atomic E-state index is 12.7. The summed E-state index contributed by atoms with van der Waals surface area (Å²) in [6.45, 7) is 2.24. The van der Waals surface area contributed by atoms with Crippen LogP contribution in [0.1, 0.15) is 19.3 Å². The molecule has 0 radical (unpaired) electrons. The third kappa shape index (κ3) is 4.38. The van der Waals surface area contributed by atoms with Crippen LogP contribution in [0.4, 0.5) is 0 Å². The molecular weight excluding hydrogens is 314 g/mol. The molecule has 124 valence electrons. The summed E-state index contributed by atoms with van der Waals surface area (Å²) in [6.07, 6.45) is 2.27. The van der Waals surface area contributed by atoms with Crippen molar-refractivity contribution in [3.8, 4) is 0 Å². The van der Waals surface area contributed by atoms with Crippen molar-refractivity contribution in [1.29, 1.82) is 0 Å². The van der Waals surface area contributed by atoms with Gasteiger partial charge in [-0.15, -0.1) is 0 Å². The SMILES string of the molecule is CNCC1CCCN(S(=O)(=O)N2CCCS(=O)(=O)CC2)C1. The Balaban J connectivity index is 2.06. The Kier molecular flexibility index (Phi) is 5.64. The minimum atomic E-state index is -3.54. The van der Waals surface area contributed by atoms with Gasteiger partial charge in [-0.05, 0) is 38.8 Å². The van der Waals surface area contributed by atoms with Gasteiger partial charge >= 0.3 is 0 Å². The highest BCUT2D eigenvalue weighted by molar-refractivity contribution is 7.91. The second-order valence-corrected chi connectivity index (χ2v) is 10.1. The second kappa shape index (κ2) is 6.91. The Hall–Kier alpha value is -0.220. The predicted molar refractivity (Wildman–Crippen MR) is 82.0 cm³/mol. The first-order valence-electron chi connectivity index (χ1n) is 7.45. The van der Waals surface area contributed by atoms with Crippen LogP contribution in [0, 0.1) is 5.92 Å². The smallest absolute Gasteiger partial charge is 0.282 e. The normalized spacial score (nSPS) is 29.1. The van der Waals surface area contributed by atoms with Crippen molar-refractivity contribution < 1.29 is 16.8 Å². The van der Waals surface area contributed by atoms with Crippen LogP contribution in [0.15, 0.2) is 0 Å². The zero-order valence-corrected chi connectivity index (χ0v) is 14.1. The summed E-state index contributed by atoms with van der Waals surface area (Å²) < 4.78 is 51.5.